The normalized spacial score (nSPS) is 20.3. The molecule has 4 N–H and O–H groups in total. The zero-order valence-corrected chi connectivity index (χ0v) is 12.1. The number of ether oxygens (including phenoxy) is 1. The van der Waals surface area contributed by atoms with Gasteiger partial charge in [-0.15, -0.1) is 0 Å². The van der Waals surface area contributed by atoms with Crippen LogP contribution < -0.4 is 21.6 Å². The summed E-state index contributed by atoms with van der Waals surface area (Å²) in [6, 6.07) is 0. The highest BCUT2D eigenvalue weighted by atomic mass is 16.5. The van der Waals surface area contributed by atoms with Crippen molar-refractivity contribution in [2.24, 2.45) is 5.84 Å². The molecule has 0 amide bonds. The maximum atomic E-state index is 5.47. The average molecular weight is 294 g/mol. The van der Waals surface area contributed by atoms with Gasteiger partial charge in [-0.2, -0.15) is 15.0 Å². The van der Waals surface area contributed by atoms with Crippen LogP contribution in [0, 0.1) is 0 Å². The fourth-order valence-electron chi connectivity index (χ4n) is 2.53. The summed E-state index contributed by atoms with van der Waals surface area (Å²) in [5.41, 5.74) is 5.72. The van der Waals surface area contributed by atoms with E-state index in [1.54, 1.807) is 0 Å². The largest absolute Gasteiger partial charge is 0.379 e. The van der Waals surface area contributed by atoms with Crippen LogP contribution in [0.4, 0.5) is 17.8 Å². The molecule has 0 aliphatic carbocycles. The summed E-state index contributed by atoms with van der Waals surface area (Å²) in [4.78, 5) is 15.3. The first-order chi connectivity index (χ1) is 10.3. The van der Waals surface area contributed by atoms with Gasteiger partial charge >= 0.3 is 0 Å². The second kappa shape index (κ2) is 6.83. The fraction of sp³-hybridized carbons (Fsp3) is 0.750. The molecule has 2 aliphatic rings. The molecule has 0 atom stereocenters. The lowest BCUT2D eigenvalue weighted by Gasteiger charge is -2.29. The van der Waals surface area contributed by atoms with E-state index in [0.717, 1.165) is 26.2 Å². The van der Waals surface area contributed by atoms with Crippen LogP contribution in [-0.4, -0.2) is 59.4 Å². The number of piperidine rings is 1. The van der Waals surface area contributed by atoms with Crippen LogP contribution in [-0.2, 0) is 4.74 Å². The third kappa shape index (κ3) is 3.69. The molecule has 116 valence electrons. The fourth-order valence-corrected chi connectivity index (χ4v) is 2.53. The van der Waals surface area contributed by atoms with Gasteiger partial charge in [0.1, 0.15) is 0 Å². The van der Waals surface area contributed by atoms with Crippen molar-refractivity contribution in [2.75, 3.05) is 55.1 Å². The molecule has 0 spiro atoms. The van der Waals surface area contributed by atoms with Gasteiger partial charge in [-0.05, 0) is 19.3 Å². The van der Waals surface area contributed by atoms with Gasteiger partial charge in [0.2, 0.25) is 17.8 Å². The summed E-state index contributed by atoms with van der Waals surface area (Å²) >= 11 is 0. The standard InChI is InChI=1S/C12H22N8O/c13-17-10-14-11(18-20-6-8-21-9-7-20)16-12(15-10)19-4-2-1-3-5-19/h1-9,13H2,(H2,14,15,16,17,18). The molecule has 3 heterocycles. The summed E-state index contributed by atoms with van der Waals surface area (Å²) in [5, 5.41) is 2.04. The van der Waals surface area contributed by atoms with E-state index in [4.69, 9.17) is 10.6 Å². The predicted octanol–water partition coefficient (Wildman–Crippen LogP) is -0.193. The minimum atomic E-state index is 0.376. The number of hydrogen-bond acceptors (Lipinski definition) is 9. The molecule has 0 saturated carbocycles. The summed E-state index contributed by atoms with van der Waals surface area (Å²) in [5.74, 6) is 7.03. The maximum Gasteiger partial charge on any atom is 0.244 e. The lowest BCUT2D eigenvalue weighted by molar-refractivity contribution is 0.0492. The predicted molar refractivity (Wildman–Crippen MR) is 79.7 cm³/mol. The van der Waals surface area contributed by atoms with Crippen molar-refractivity contribution in [2.45, 2.75) is 19.3 Å². The molecule has 0 unspecified atom stereocenters. The molecule has 9 heteroatoms. The lowest BCUT2D eigenvalue weighted by Crippen LogP contribution is -2.41. The van der Waals surface area contributed by atoms with Crippen LogP contribution in [0.5, 0.6) is 0 Å². The molecule has 0 aromatic carbocycles. The van der Waals surface area contributed by atoms with E-state index in [1.165, 1.54) is 19.3 Å². The number of morpholine rings is 1. The Bertz CT molecular complexity index is 459. The van der Waals surface area contributed by atoms with E-state index < -0.39 is 0 Å². The van der Waals surface area contributed by atoms with E-state index in [0.29, 0.717) is 31.1 Å². The molecule has 2 saturated heterocycles. The van der Waals surface area contributed by atoms with Crippen molar-refractivity contribution in [3.63, 3.8) is 0 Å². The molecule has 0 bridgehead atoms. The molecule has 9 nitrogen and oxygen atoms in total. The Labute approximate surface area is 123 Å². The molecule has 2 aliphatic heterocycles. The van der Waals surface area contributed by atoms with Gasteiger partial charge in [-0.25, -0.2) is 10.9 Å². The highest BCUT2D eigenvalue weighted by Gasteiger charge is 2.17. The van der Waals surface area contributed by atoms with Crippen molar-refractivity contribution < 1.29 is 4.74 Å². The minimum Gasteiger partial charge on any atom is -0.379 e. The Morgan fingerprint density at radius 1 is 0.905 bits per heavy atom. The summed E-state index contributed by atoms with van der Waals surface area (Å²) < 4.78 is 5.33. The van der Waals surface area contributed by atoms with Crippen LogP contribution in [0.3, 0.4) is 0 Å². The Morgan fingerprint density at radius 3 is 2.33 bits per heavy atom. The average Bonchev–Trinajstić information content (AvgIpc) is 2.56. The van der Waals surface area contributed by atoms with E-state index in [9.17, 15) is 0 Å². The van der Waals surface area contributed by atoms with Crippen molar-refractivity contribution in [1.29, 1.82) is 0 Å². The number of anilines is 3. The highest BCUT2D eigenvalue weighted by molar-refractivity contribution is 5.43. The zero-order valence-electron chi connectivity index (χ0n) is 12.1. The number of nitrogens with zero attached hydrogens (tertiary/aromatic N) is 5. The maximum absolute atomic E-state index is 5.47. The second-order valence-electron chi connectivity index (χ2n) is 5.19. The molecule has 1 aromatic heterocycles. The molecule has 0 radical (unpaired) electrons. The smallest absolute Gasteiger partial charge is 0.244 e. The molecular formula is C12H22N8O. The minimum absolute atomic E-state index is 0.376. The van der Waals surface area contributed by atoms with Gasteiger partial charge in [0, 0.05) is 26.2 Å². The Morgan fingerprint density at radius 2 is 1.62 bits per heavy atom. The number of aromatic nitrogens is 3. The van der Waals surface area contributed by atoms with Gasteiger partial charge < -0.3 is 9.64 Å². The highest BCUT2D eigenvalue weighted by Crippen LogP contribution is 2.18. The Balaban J connectivity index is 1.75. The van der Waals surface area contributed by atoms with Crippen LogP contribution in [0.15, 0.2) is 0 Å². The van der Waals surface area contributed by atoms with Crippen LogP contribution in [0.2, 0.25) is 0 Å². The number of nitrogen functional groups attached to an aromatic ring is 1. The SMILES string of the molecule is NNc1nc(NN2CCOCC2)nc(N2CCCCC2)n1. The van der Waals surface area contributed by atoms with E-state index in [-0.39, 0.29) is 0 Å². The third-order valence-electron chi connectivity index (χ3n) is 3.66. The van der Waals surface area contributed by atoms with Gasteiger partial charge in [0.25, 0.3) is 0 Å². The van der Waals surface area contributed by atoms with E-state index in [2.05, 4.69) is 30.7 Å². The number of nitrogens with one attached hydrogen (secondary N) is 2. The topological polar surface area (TPSA) is 104 Å². The number of rotatable bonds is 4. The van der Waals surface area contributed by atoms with Gasteiger partial charge in [0.15, 0.2) is 0 Å². The van der Waals surface area contributed by atoms with Gasteiger partial charge in [0.05, 0.1) is 13.2 Å². The van der Waals surface area contributed by atoms with Crippen LogP contribution in [0.25, 0.3) is 0 Å². The van der Waals surface area contributed by atoms with Gasteiger partial charge in [-0.1, -0.05) is 0 Å². The molecule has 3 rings (SSSR count). The summed E-state index contributed by atoms with van der Waals surface area (Å²) in [6.07, 6.45) is 3.61. The van der Waals surface area contributed by atoms with Crippen molar-refractivity contribution in [3.05, 3.63) is 0 Å². The quantitative estimate of drug-likeness (QED) is 0.514. The first-order valence-electron chi connectivity index (χ1n) is 7.42. The van der Waals surface area contributed by atoms with Crippen molar-refractivity contribution in [3.8, 4) is 0 Å². The first-order valence-corrected chi connectivity index (χ1v) is 7.42. The summed E-state index contributed by atoms with van der Waals surface area (Å²) in [6.45, 7) is 4.97. The van der Waals surface area contributed by atoms with Gasteiger partial charge in [-0.3, -0.25) is 10.9 Å². The number of hydrazine groups is 2. The molecule has 2 fully saturated rings. The van der Waals surface area contributed by atoms with Crippen molar-refractivity contribution >= 4 is 17.8 Å². The zero-order chi connectivity index (χ0) is 14.5. The van der Waals surface area contributed by atoms with Crippen LogP contribution >= 0.6 is 0 Å². The molecular weight excluding hydrogens is 272 g/mol. The Kier molecular flexibility index (Phi) is 4.63. The first kappa shape index (κ1) is 14.2. The van der Waals surface area contributed by atoms with Crippen molar-refractivity contribution in [1.82, 2.24) is 20.0 Å². The van der Waals surface area contributed by atoms with Crippen LogP contribution in [0.1, 0.15) is 19.3 Å². The Hall–Kier alpha value is -1.71. The number of nitrogens with two attached hydrogens (primary N) is 1. The lowest BCUT2D eigenvalue weighted by atomic mass is 10.1. The third-order valence-corrected chi connectivity index (χ3v) is 3.66. The monoisotopic (exact) mass is 294 g/mol. The summed E-state index contributed by atoms with van der Waals surface area (Å²) in [7, 11) is 0. The number of hydrogen-bond donors (Lipinski definition) is 3. The van der Waals surface area contributed by atoms with E-state index in [1.807, 2.05) is 5.01 Å². The molecule has 21 heavy (non-hydrogen) atoms. The molecule has 1 aromatic rings. The second-order valence-corrected chi connectivity index (χ2v) is 5.19. The van der Waals surface area contributed by atoms with E-state index >= 15 is 0 Å².